The number of hydrogen-bond acceptors (Lipinski definition) is 7. The number of aromatic carboxylic acids is 1. The average Bonchev–Trinajstić information content (AvgIpc) is 3.56. The number of carboxylic acids is 1. The van der Waals surface area contributed by atoms with E-state index in [1.807, 2.05) is 4.57 Å². The van der Waals surface area contributed by atoms with Gasteiger partial charge in [-0.05, 0) is 54.4 Å². The summed E-state index contributed by atoms with van der Waals surface area (Å²) in [6.45, 7) is 1.19. The molecule has 4 heterocycles. The van der Waals surface area contributed by atoms with E-state index in [2.05, 4.69) is 9.97 Å². The van der Waals surface area contributed by atoms with Crippen LogP contribution in [-0.4, -0.2) is 44.2 Å². The van der Waals surface area contributed by atoms with Gasteiger partial charge in [-0.15, -0.1) is 11.3 Å². The smallest absolute Gasteiger partial charge is 0.335 e. The number of halogens is 2. The first-order chi connectivity index (χ1) is 20.2. The van der Waals surface area contributed by atoms with Gasteiger partial charge in [-0.1, -0.05) is 6.07 Å². The van der Waals surface area contributed by atoms with Crippen molar-refractivity contribution in [2.75, 3.05) is 6.61 Å². The fourth-order valence-electron chi connectivity index (χ4n) is 4.74. The Balaban J connectivity index is 1.26. The third kappa shape index (κ3) is 5.58. The summed E-state index contributed by atoms with van der Waals surface area (Å²) >= 11 is 1.31. The fourth-order valence-corrected chi connectivity index (χ4v) is 5.53. The molecule has 1 amide bonds. The lowest BCUT2D eigenvalue weighted by Crippen LogP contribution is -2.31. The molecular formula is C30H24F2N4O5S. The van der Waals surface area contributed by atoms with Gasteiger partial charge in [-0.25, -0.2) is 23.5 Å². The third-order valence-corrected chi connectivity index (χ3v) is 7.95. The van der Waals surface area contributed by atoms with E-state index in [0.717, 1.165) is 23.4 Å². The van der Waals surface area contributed by atoms with Crippen molar-refractivity contribution >= 4 is 34.2 Å². The number of rotatable bonds is 10. The number of nitrogens with two attached hydrogens (primary N) is 1. The molecule has 0 bridgehead atoms. The van der Waals surface area contributed by atoms with E-state index in [1.165, 1.54) is 23.5 Å². The molecule has 0 aliphatic carbocycles. The van der Waals surface area contributed by atoms with Crippen molar-refractivity contribution in [1.82, 2.24) is 14.5 Å². The van der Waals surface area contributed by atoms with E-state index >= 15 is 8.78 Å². The summed E-state index contributed by atoms with van der Waals surface area (Å²) in [5, 5.41) is 11.1. The maximum atomic E-state index is 15.4. The van der Waals surface area contributed by atoms with Gasteiger partial charge >= 0.3 is 5.97 Å². The molecule has 1 aliphatic rings. The van der Waals surface area contributed by atoms with E-state index in [9.17, 15) is 14.7 Å². The molecule has 12 heteroatoms. The number of nitrogens with zero attached hydrogens (tertiary/aromatic N) is 3. The molecule has 0 saturated carbocycles. The topological polar surface area (TPSA) is 130 Å². The van der Waals surface area contributed by atoms with Crippen LogP contribution in [-0.2, 0) is 24.3 Å². The molecule has 1 saturated heterocycles. The van der Waals surface area contributed by atoms with Crippen molar-refractivity contribution in [2.24, 2.45) is 5.73 Å². The minimum atomic E-state index is -1.07. The summed E-state index contributed by atoms with van der Waals surface area (Å²) in [6, 6.07) is 13.2. The number of carbonyl (C=O) groups excluding carboxylic acids is 1. The van der Waals surface area contributed by atoms with Crippen LogP contribution in [0.5, 0.6) is 5.88 Å². The molecule has 3 aromatic heterocycles. The zero-order valence-electron chi connectivity index (χ0n) is 22.0. The highest BCUT2D eigenvalue weighted by atomic mass is 32.1. The molecule has 6 rings (SSSR count). The Morgan fingerprint density at radius 3 is 2.64 bits per heavy atom. The van der Waals surface area contributed by atoms with Crippen molar-refractivity contribution in [3.63, 3.8) is 0 Å². The number of imidazole rings is 1. The molecule has 42 heavy (non-hydrogen) atoms. The first-order valence-corrected chi connectivity index (χ1v) is 13.9. The second-order valence-corrected chi connectivity index (χ2v) is 10.8. The van der Waals surface area contributed by atoms with Gasteiger partial charge in [0.15, 0.2) is 0 Å². The van der Waals surface area contributed by atoms with Crippen LogP contribution >= 0.6 is 11.3 Å². The van der Waals surface area contributed by atoms with E-state index in [-0.39, 0.29) is 47.4 Å². The van der Waals surface area contributed by atoms with Gasteiger partial charge in [0.05, 0.1) is 40.5 Å². The number of pyridine rings is 1. The van der Waals surface area contributed by atoms with Crippen molar-refractivity contribution < 1.29 is 33.0 Å². The highest BCUT2D eigenvalue weighted by Crippen LogP contribution is 2.29. The fraction of sp³-hybridized carbons (Fsp3) is 0.200. The van der Waals surface area contributed by atoms with E-state index in [4.69, 9.17) is 15.2 Å². The predicted molar refractivity (Wildman–Crippen MR) is 151 cm³/mol. The molecular weight excluding hydrogens is 566 g/mol. The van der Waals surface area contributed by atoms with Crippen molar-refractivity contribution in [3.8, 4) is 17.1 Å². The number of benzene rings is 2. The molecule has 5 aromatic rings. The summed E-state index contributed by atoms with van der Waals surface area (Å²) in [6.07, 6.45) is 0.758. The number of aromatic nitrogens is 3. The number of carboxylic acid groups (broad SMARTS) is 1. The summed E-state index contributed by atoms with van der Waals surface area (Å²) < 4.78 is 43.9. The number of amides is 1. The Hall–Kier alpha value is -4.68. The van der Waals surface area contributed by atoms with Crippen molar-refractivity contribution in [1.29, 1.82) is 0 Å². The Morgan fingerprint density at radius 1 is 1.10 bits per heavy atom. The first-order valence-electron chi connectivity index (χ1n) is 13.0. The van der Waals surface area contributed by atoms with Crippen LogP contribution < -0.4 is 10.5 Å². The quantitative estimate of drug-likeness (QED) is 0.229. The zero-order valence-corrected chi connectivity index (χ0v) is 22.9. The second-order valence-electron chi connectivity index (χ2n) is 9.84. The lowest BCUT2D eigenvalue weighted by atomic mass is 10.0. The van der Waals surface area contributed by atoms with E-state index < -0.39 is 23.5 Å². The van der Waals surface area contributed by atoms with Crippen LogP contribution in [0.15, 0.2) is 60.0 Å². The summed E-state index contributed by atoms with van der Waals surface area (Å²) in [5.41, 5.74) is 7.18. The Labute approximate surface area is 242 Å². The normalized spacial score (nSPS) is 14.6. The van der Waals surface area contributed by atoms with Crippen molar-refractivity contribution in [2.45, 2.75) is 32.1 Å². The van der Waals surface area contributed by atoms with Crippen LogP contribution in [0.25, 0.3) is 22.3 Å². The third-order valence-electron chi connectivity index (χ3n) is 7.04. The summed E-state index contributed by atoms with van der Waals surface area (Å²) in [7, 11) is 0. The molecule has 1 aliphatic heterocycles. The number of fused-ring (bicyclic) bond motifs is 1. The van der Waals surface area contributed by atoms with Gasteiger partial charge in [0.1, 0.15) is 24.1 Å². The van der Waals surface area contributed by atoms with Gasteiger partial charge in [-0.2, -0.15) is 0 Å². The molecule has 2 aromatic carbocycles. The Kier molecular flexibility index (Phi) is 7.40. The molecule has 214 valence electrons. The highest BCUT2D eigenvalue weighted by molar-refractivity contribution is 7.10. The van der Waals surface area contributed by atoms with E-state index in [0.29, 0.717) is 35.6 Å². The van der Waals surface area contributed by atoms with Crippen LogP contribution in [0.4, 0.5) is 8.78 Å². The molecule has 0 spiro atoms. The average molecular weight is 591 g/mol. The highest BCUT2D eigenvalue weighted by Gasteiger charge is 2.23. The molecule has 3 N–H and O–H groups in total. The predicted octanol–water partition coefficient (Wildman–Crippen LogP) is 5.19. The zero-order chi connectivity index (χ0) is 29.4. The molecule has 0 unspecified atom stereocenters. The monoisotopic (exact) mass is 590 g/mol. The van der Waals surface area contributed by atoms with Crippen LogP contribution in [0.2, 0.25) is 0 Å². The Morgan fingerprint density at radius 2 is 1.93 bits per heavy atom. The largest absolute Gasteiger partial charge is 0.478 e. The van der Waals surface area contributed by atoms with Gasteiger partial charge in [0, 0.05) is 34.9 Å². The number of carbonyl (C=O) groups is 2. The number of thiophene rings is 1. The number of primary amides is 1. The van der Waals surface area contributed by atoms with Gasteiger partial charge < -0.3 is 24.9 Å². The maximum absolute atomic E-state index is 15.4. The SMILES string of the molecule is NC(=O)c1csc(COc2cccc(-c3cc(F)c(Cc4nc5ccc(C(=O)O)cc5n4C[C@@H]4CCO4)cc3F)n2)c1. The van der Waals surface area contributed by atoms with Gasteiger partial charge in [0.25, 0.3) is 0 Å². The molecule has 0 radical (unpaired) electrons. The molecule has 1 atom stereocenters. The lowest BCUT2D eigenvalue weighted by molar-refractivity contribution is -0.0589. The first kappa shape index (κ1) is 27.5. The van der Waals surface area contributed by atoms with Gasteiger partial charge in [0.2, 0.25) is 11.8 Å². The summed E-state index contributed by atoms with van der Waals surface area (Å²) in [5.74, 6) is -2.23. The van der Waals surface area contributed by atoms with Crippen LogP contribution in [0.1, 0.15) is 43.4 Å². The second kappa shape index (κ2) is 11.3. The minimum Gasteiger partial charge on any atom is -0.478 e. The molecule has 9 nitrogen and oxygen atoms in total. The maximum Gasteiger partial charge on any atom is 0.335 e. The molecule has 1 fully saturated rings. The lowest BCUT2D eigenvalue weighted by Gasteiger charge is -2.27. The van der Waals surface area contributed by atoms with Gasteiger partial charge in [-0.3, -0.25) is 4.79 Å². The number of hydrogen-bond donors (Lipinski definition) is 2. The van der Waals surface area contributed by atoms with Crippen molar-refractivity contribution in [3.05, 3.63) is 99.0 Å². The standard InChI is InChI=1S/C30H24F2N4O5S/c31-22-12-21(24-2-1-3-28(35-24)41-14-20-8-18(15-42-20)29(33)37)23(32)9-17(22)11-27-34-25-5-4-16(30(38)39)10-26(25)36(27)13-19-6-7-40-19/h1-5,8-10,12,15,19H,6-7,11,13-14H2,(H2,33,37)(H,38,39)/t19-/m0/s1. The number of ether oxygens (including phenoxy) is 2. The van der Waals surface area contributed by atoms with Crippen LogP contribution in [0, 0.1) is 11.6 Å². The summed E-state index contributed by atoms with van der Waals surface area (Å²) in [4.78, 5) is 32.6. The van der Waals surface area contributed by atoms with E-state index in [1.54, 1.807) is 35.7 Å². The Bertz CT molecular complexity index is 1830. The van der Waals surface area contributed by atoms with Crippen LogP contribution in [0.3, 0.4) is 0 Å². The minimum absolute atomic E-state index is 0.0163.